The molecule has 2 aromatic heterocycles. The van der Waals surface area contributed by atoms with Crippen molar-refractivity contribution in [2.75, 3.05) is 18.0 Å². The first-order chi connectivity index (χ1) is 10.1. The minimum atomic E-state index is 0.00696. The van der Waals surface area contributed by atoms with Crippen molar-refractivity contribution in [3.05, 3.63) is 12.1 Å². The van der Waals surface area contributed by atoms with Crippen LogP contribution in [-0.4, -0.2) is 50.3 Å². The molecule has 1 aliphatic heterocycles. The molecule has 0 saturated carbocycles. The number of piperidine rings is 1. The average Bonchev–Trinajstić information content (AvgIpc) is 2.94. The number of nitrogens with zero attached hydrogens (tertiary/aromatic N) is 6. The van der Waals surface area contributed by atoms with Gasteiger partial charge in [-0.25, -0.2) is 0 Å². The fourth-order valence-corrected chi connectivity index (χ4v) is 2.61. The molecule has 1 saturated heterocycles. The summed E-state index contributed by atoms with van der Waals surface area (Å²) in [6.45, 7) is 5.53. The van der Waals surface area contributed by atoms with E-state index in [1.54, 1.807) is 0 Å². The quantitative estimate of drug-likeness (QED) is 0.872. The Kier molecular flexibility index (Phi) is 3.68. The van der Waals surface area contributed by atoms with Gasteiger partial charge in [0.2, 0.25) is 5.91 Å². The molecule has 0 radical (unpaired) electrons. The topological polar surface area (TPSA) is 88.3 Å². The first kappa shape index (κ1) is 13.7. The molecule has 3 rings (SSSR count). The summed E-state index contributed by atoms with van der Waals surface area (Å²) in [6.07, 6.45) is 1.90. The van der Waals surface area contributed by atoms with Crippen molar-refractivity contribution in [3.8, 4) is 0 Å². The summed E-state index contributed by atoms with van der Waals surface area (Å²) in [4.78, 5) is 14.3. The van der Waals surface area contributed by atoms with E-state index in [-0.39, 0.29) is 17.9 Å². The van der Waals surface area contributed by atoms with Crippen molar-refractivity contribution in [1.29, 1.82) is 0 Å². The van der Waals surface area contributed by atoms with Crippen molar-refractivity contribution in [2.24, 2.45) is 5.92 Å². The van der Waals surface area contributed by atoms with Crippen LogP contribution < -0.4 is 10.2 Å². The van der Waals surface area contributed by atoms with Gasteiger partial charge in [0.05, 0.1) is 5.92 Å². The average molecular weight is 289 g/mol. The number of tetrazole rings is 1. The van der Waals surface area contributed by atoms with Crippen molar-refractivity contribution in [1.82, 2.24) is 30.6 Å². The smallest absolute Gasteiger partial charge is 0.225 e. The lowest BCUT2D eigenvalue weighted by Gasteiger charge is -2.32. The van der Waals surface area contributed by atoms with Gasteiger partial charge in [-0.05, 0) is 49.2 Å². The van der Waals surface area contributed by atoms with Crippen molar-refractivity contribution >= 4 is 17.4 Å². The highest BCUT2D eigenvalue weighted by Gasteiger charge is 2.27. The van der Waals surface area contributed by atoms with E-state index in [1.807, 2.05) is 26.0 Å². The summed E-state index contributed by atoms with van der Waals surface area (Å²) in [5.74, 6) is 0.933. The zero-order valence-electron chi connectivity index (χ0n) is 12.2. The van der Waals surface area contributed by atoms with E-state index < -0.39 is 0 Å². The summed E-state index contributed by atoms with van der Waals surface area (Å²) in [6, 6.07) is 3.90. The predicted octanol–water partition coefficient (Wildman–Crippen LogP) is 0.260. The number of hydrogen-bond donors (Lipinski definition) is 1. The molecule has 1 atom stereocenters. The molecule has 1 amide bonds. The molecule has 0 aliphatic carbocycles. The molecular weight excluding hydrogens is 270 g/mol. The van der Waals surface area contributed by atoms with Crippen LogP contribution in [0.15, 0.2) is 12.1 Å². The van der Waals surface area contributed by atoms with E-state index in [0.29, 0.717) is 12.2 Å². The van der Waals surface area contributed by atoms with Gasteiger partial charge in [-0.2, -0.15) is 0 Å². The number of aromatic nitrogens is 5. The Balaban J connectivity index is 1.74. The molecule has 0 aromatic carbocycles. The van der Waals surface area contributed by atoms with Crippen LogP contribution in [0.2, 0.25) is 0 Å². The van der Waals surface area contributed by atoms with Gasteiger partial charge in [0, 0.05) is 19.1 Å². The van der Waals surface area contributed by atoms with Gasteiger partial charge in [-0.3, -0.25) is 4.79 Å². The Hall–Kier alpha value is -2.25. The van der Waals surface area contributed by atoms with Crippen LogP contribution in [0.4, 0.5) is 5.82 Å². The largest absolute Gasteiger partial charge is 0.354 e. The maximum atomic E-state index is 12.2. The van der Waals surface area contributed by atoms with Crippen LogP contribution in [0.25, 0.3) is 5.65 Å². The zero-order chi connectivity index (χ0) is 14.8. The lowest BCUT2D eigenvalue weighted by atomic mass is 9.97. The molecule has 1 N–H and O–H groups in total. The lowest BCUT2D eigenvalue weighted by molar-refractivity contribution is -0.125. The van der Waals surface area contributed by atoms with E-state index in [2.05, 4.69) is 30.8 Å². The van der Waals surface area contributed by atoms with Crippen LogP contribution in [0.5, 0.6) is 0 Å². The third-order valence-electron chi connectivity index (χ3n) is 3.60. The molecule has 21 heavy (non-hydrogen) atoms. The molecule has 1 fully saturated rings. The molecule has 112 valence electrons. The number of fused-ring (bicyclic) bond motifs is 1. The minimum Gasteiger partial charge on any atom is -0.354 e. The highest BCUT2D eigenvalue weighted by atomic mass is 16.2. The lowest BCUT2D eigenvalue weighted by Crippen LogP contribution is -2.45. The maximum absolute atomic E-state index is 12.2. The number of hydrogen-bond acceptors (Lipinski definition) is 6. The Morgan fingerprint density at radius 1 is 1.43 bits per heavy atom. The standard InChI is InChI=1S/C13H19N7O/c1-9(2)14-13(21)10-4-3-7-19(8-10)12-6-5-11-15-17-18-20(11)16-12/h5-6,9-10H,3-4,7-8H2,1-2H3,(H,14,21)/t10-/m1/s1. The van der Waals surface area contributed by atoms with E-state index in [0.717, 1.165) is 25.2 Å². The van der Waals surface area contributed by atoms with Gasteiger partial charge < -0.3 is 10.2 Å². The third kappa shape index (κ3) is 2.93. The number of anilines is 1. The predicted molar refractivity (Wildman–Crippen MR) is 76.8 cm³/mol. The van der Waals surface area contributed by atoms with Crippen LogP contribution in [-0.2, 0) is 4.79 Å². The molecule has 8 nitrogen and oxygen atoms in total. The van der Waals surface area contributed by atoms with Gasteiger partial charge in [-0.1, -0.05) is 0 Å². The normalized spacial score (nSPS) is 19.2. The van der Waals surface area contributed by atoms with E-state index in [9.17, 15) is 4.79 Å². The van der Waals surface area contributed by atoms with Crippen molar-refractivity contribution in [3.63, 3.8) is 0 Å². The number of carbonyl (C=O) groups excluding carboxylic acids is 1. The van der Waals surface area contributed by atoms with Crippen LogP contribution in [0.3, 0.4) is 0 Å². The molecule has 8 heteroatoms. The molecule has 0 unspecified atom stereocenters. The molecule has 0 bridgehead atoms. The van der Waals surface area contributed by atoms with E-state index >= 15 is 0 Å². The Morgan fingerprint density at radius 2 is 2.29 bits per heavy atom. The minimum absolute atomic E-state index is 0.00696. The van der Waals surface area contributed by atoms with Gasteiger partial charge in [0.15, 0.2) is 11.5 Å². The van der Waals surface area contributed by atoms with Crippen molar-refractivity contribution < 1.29 is 4.79 Å². The third-order valence-corrected chi connectivity index (χ3v) is 3.60. The van der Waals surface area contributed by atoms with Crippen LogP contribution in [0, 0.1) is 5.92 Å². The fraction of sp³-hybridized carbons (Fsp3) is 0.615. The van der Waals surface area contributed by atoms with Crippen LogP contribution in [0.1, 0.15) is 26.7 Å². The summed E-state index contributed by atoms with van der Waals surface area (Å²) in [5.41, 5.74) is 0.616. The summed E-state index contributed by atoms with van der Waals surface area (Å²) in [5, 5.41) is 18.6. The summed E-state index contributed by atoms with van der Waals surface area (Å²) in [7, 11) is 0. The van der Waals surface area contributed by atoms with Crippen molar-refractivity contribution in [2.45, 2.75) is 32.7 Å². The summed E-state index contributed by atoms with van der Waals surface area (Å²) < 4.78 is 1.41. The molecular formula is C13H19N7O. The molecule has 0 spiro atoms. The number of carbonyl (C=O) groups is 1. The fourth-order valence-electron chi connectivity index (χ4n) is 2.61. The second kappa shape index (κ2) is 5.63. The first-order valence-corrected chi connectivity index (χ1v) is 7.24. The first-order valence-electron chi connectivity index (χ1n) is 7.24. The Morgan fingerprint density at radius 3 is 3.10 bits per heavy atom. The monoisotopic (exact) mass is 289 g/mol. The Bertz CT molecular complexity index is 638. The second-order valence-electron chi connectivity index (χ2n) is 5.67. The summed E-state index contributed by atoms with van der Waals surface area (Å²) >= 11 is 0. The SMILES string of the molecule is CC(C)NC(=O)[C@@H]1CCCN(c2ccc3nnnn3n2)C1. The molecule has 3 heterocycles. The highest BCUT2D eigenvalue weighted by molar-refractivity contribution is 5.79. The van der Waals surface area contributed by atoms with E-state index in [1.165, 1.54) is 4.63 Å². The van der Waals surface area contributed by atoms with Gasteiger partial charge >= 0.3 is 0 Å². The second-order valence-corrected chi connectivity index (χ2v) is 5.67. The van der Waals surface area contributed by atoms with Crippen LogP contribution >= 0.6 is 0 Å². The highest BCUT2D eigenvalue weighted by Crippen LogP contribution is 2.21. The van der Waals surface area contributed by atoms with Gasteiger partial charge in [-0.15, -0.1) is 14.8 Å². The number of nitrogens with one attached hydrogen (secondary N) is 1. The maximum Gasteiger partial charge on any atom is 0.225 e. The molecule has 1 aliphatic rings. The van der Waals surface area contributed by atoms with Gasteiger partial charge in [0.1, 0.15) is 0 Å². The Labute approximate surface area is 122 Å². The van der Waals surface area contributed by atoms with E-state index in [4.69, 9.17) is 0 Å². The van der Waals surface area contributed by atoms with Gasteiger partial charge in [0.25, 0.3) is 0 Å². The number of rotatable bonds is 3. The zero-order valence-corrected chi connectivity index (χ0v) is 12.2. The molecule has 2 aromatic rings. The number of amides is 1.